The highest BCUT2D eigenvalue weighted by atomic mass is 16.5. The molecule has 3 aromatic carbocycles. The van der Waals surface area contributed by atoms with Gasteiger partial charge in [-0.2, -0.15) is 5.10 Å². The summed E-state index contributed by atoms with van der Waals surface area (Å²) in [4.78, 5) is 36.4. The van der Waals surface area contributed by atoms with E-state index in [2.05, 4.69) is 22.8 Å². The first-order valence-corrected chi connectivity index (χ1v) is 11.3. The molecule has 0 fully saturated rings. The Morgan fingerprint density at radius 3 is 2.28 bits per heavy atom. The number of carbonyl (C=O) groups is 3. The Kier molecular flexibility index (Phi) is 9.58. The van der Waals surface area contributed by atoms with Crippen LogP contribution in [0.25, 0.3) is 0 Å². The molecule has 0 bridgehead atoms. The van der Waals surface area contributed by atoms with Crippen molar-refractivity contribution in [2.45, 2.75) is 19.8 Å². The van der Waals surface area contributed by atoms with Crippen LogP contribution in [0.5, 0.6) is 17.2 Å². The SMILES string of the molecule is CCCCOc1ccc(C(=O)Oc2ccc(/C=N\NC(=O)C(=O)Nc3ccccc3OC)cc2)cc1. The number of hydrogen-bond acceptors (Lipinski definition) is 7. The van der Waals surface area contributed by atoms with Crippen LogP contribution in [0.2, 0.25) is 0 Å². The van der Waals surface area contributed by atoms with Crippen LogP contribution in [-0.2, 0) is 9.59 Å². The monoisotopic (exact) mass is 489 g/mol. The molecule has 3 aromatic rings. The van der Waals surface area contributed by atoms with Gasteiger partial charge in [0.2, 0.25) is 0 Å². The lowest BCUT2D eigenvalue weighted by atomic mass is 10.2. The van der Waals surface area contributed by atoms with Crippen LogP contribution < -0.4 is 25.0 Å². The lowest BCUT2D eigenvalue weighted by molar-refractivity contribution is -0.136. The molecule has 3 rings (SSSR count). The Balaban J connectivity index is 1.48. The van der Waals surface area contributed by atoms with E-state index in [9.17, 15) is 14.4 Å². The third kappa shape index (κ3) is 7.69. The van der Waals surface area contributed by atoms with Gasteiger partial charge in [-0.3, -0.25) is 9.59 Å². The van der Waals surface area contributed by atoms with Crippen molar-refractivity contribution in [1.82, 2.24) is 5.43 Å². The van der Waals surface area contributed by atoms with Gasteiger partial charge >= 0.3 is 17.8 Å². The zero-order valence-electron chi connectivity index (χ0n) is 20.0. The molecule has 0 aliphatic heterocycles. The Morgan fingerprint density at radius 2 is 1.58 bits per heavy atom. The number of rotatable bonds is 10. The second-order valence-electron chi connectivity index (χ2n) is 7.54. The van der Waals surface area contributed by atoms with E-state index < -0.39 is 17.8 Å². The number of ether oxygens (including phenoxy) is 3. The molecule has 9 nitrogen and oxygen atoms in total. The van der Waals surface area contributed by atoms with E-state index in [-0.39, 0.29) is 0 Å². The second-order valence-corrected chi connectivity index (χ2v) is 7.54. The molecule has 0 heterocycles. The van der Waals surface area contributed by atoms with Crippen molar-refractivity contribution >= 4 is 29.7 Å². The molecule has 0 radical (unpaired) electrons. The van der Waals surface area contributed by atoms with Crippen molar-refractivity contribution in [3.63, 3.8) is 0 Å². The molecule has 0 unspecified atom stereocenters. The third-order valence-electron chi connectivity index (χ3n) is 4.89. The summed E-state index contributed by atoms with van der Waals surface area (Å²) in [5.74, 6) is -0.848. The minimum absolute atomic E-state index is 0.348. The van der Waals surface area contributed by atoms with Crippen molar-refractivity contribution in [2.24, 2.45) is 5.10 Å². The normalized spacial score (nSPS) is 10.5. The molecule has 9 heteroatoms. The second kappa shape index (κ2) is 13.3. The van der Waals surface area contributed by atoms with Crippen LogP contribution in [-0.4, -0.2) is 37.7 Å². The Morgan fingerprint density at radius 1 is 0.889 bits per heavy atom. The van der Waals surface area contributed by atoms with Gasteiger partial charge in [-0.25, -0.2) is 10.2 Å². The largest absolute Gasteiger partial charge is 0.495 e. The molecule has 0 aliphatic carbocycles. The van der Waals surface area contributed by atoms with Gasteiger partial charge in [0.1, 0.15) is 17.2 Å². The van der Waals surface area contributed by atoms with E-state index in [1.807, 2.05) is 0 Å². The summed E-state index contributed by atoms with van der Waals surface area (Å²) < 4.78 is 16.1. The minimum Gasteiger partial charge on any atom is -0.495 e. The van der Waals surface area contributed by atoms with E-state index in [4.69, 9.17) is 14.2 Å². The number of methoxy groups -OCH3 is 1. The van der Waals surface area contributed by atoms with Crippen molar-refractivity contribution in [2.75, 3.05) is 19.0 Å². The van der Waals surface area contributed by atoms with Crippen LogP contribution in [0.3, 0.4) is 0 Å². The fourth-order valence-corrected chi connectivity index (χ4v) is 2.95. The lowest BCUT2D eigenvalue weighted by Crippen LogP contribution is -2.32. The molecule has 36 heavy (non-hydrogen) atoms. The first kappa shape index (κ1) is 26.0. The smallest absolute Gasteiger partial charge is 0.343 e. The van der Waals surface area contributed by atoms with Crippen LogP contribution in [0.4, 0.5) is 5.69 Å². The molecule has 0 saturated heterocycles. The predicted octanol–water partition coefficient (Wildman–Crippen LogP) is 4.18. The number of esters is 1. The summed E-state index contributed by atoms with van der Waals surface area (Å²) >= 11 is 0. The highest BCUT2D eigenvalue weighted by Gasteiger charge is 2.15. The van der Waals surface area contributed by atoms with E-state index in [1.54, 1.807) is 72.8 Å². The van der Waals surface area contributed by atoms with Crippen LogP contribution in [0.15, 0.2) is 77.9 Å². The molecule has 0 aliphatic rings. The highest BCUT2D eigenvalue weighted by Crippen LogP contribution is 2.22. The zero-order chi connectivity index (χ0) is 25.8. The van der Waals surface area contributed by atoms with E-state index in [1.165, 1.54) is 13.3 Å². The number of hydrogen-bond donors (Lipinski definition) is 2. The van der Waals surface area contributed by atoms with Crippen molar-refractivity contribution in [3.05, 3.63) is 83.9 Å². The van der Waals surface area contributed by atoms with Gasteiger partial charge in [0, 0.05) is 0 Å². The summed E-state index contributed by atoms with van der Waals surface area (Å²) in [6, 6.07) is 20.0. The highest BCUT2D eigenvalue weighted by molar-refractivity contribution is 6.39. The van der Waals surface area contributed by atoms with Crippen LogP contribution >= 0.6 is 0 Å². The van der Waals surface area contributed by atoms with Gasteiger partial charge in [0.25, 0.3) is 0 Å². The van der Waals surface area contributed by atoms with Crippen molar-refractivity contribution < 1.29 is 28.6 Å². The summed E-state index contributed by atoms with van der Waals surface area (Å²) in [5, 5.41) is 6.24. The molecular weight excluding hydrogens is 462 g/mol. The van der Waals surface area contributed by atoms with E-state index in [0.717, 1.165) is 12.8 Å². The summed E-state index contributed by atoms with van der Waals surface area (Å²) in [6.07, 6.45) is 3.37. The Hall–Kier alpha value is -4.66. The standard InChI is InChI=1S/C27H27N3O6/c1-3-4-17-35-21-15-11-20(12-16-21)27(33)36-22-13-9-19(10-14-22)18-28-30-26(32)25(31)29-23-7-5-6-8-24(23)34-2/h5-16,18H,3-4,17H2,1-2H3,(H,29,31)(H,30,32)/b28-18-. The fourth-order valence-electron chi connectivity index (χ4n) is 2.95. The third-order valence-corrected chi connectivity index (χ3v) is 4.89. The van der Waals surface area contributed by atoms with Crippen LogP contribution in [0, 0.1) is 0 Å². The summed E-state index contributed by atoms with van der Waals surface area (Å²) in [7, 11) is 1.46. The lowest BCUT2D eigenvalue weighted by Gasteiger charge is -2.08. The molecule has 0 atom stereocenters. The molecule has 2 amide bonds. The van der Waals surface area contributed by atoms with E-state index in [0.29, 0.717) is 40.7 Å². The number of amides is 2. The van der Waals surface area contributed by atoms with Gasteiger partial charge < -0.3 is 19.5 Å². The number of hydrazone groups is 1. The molecule has 186 valence electrons. The number of para-hydroxylation sites is 2. The number of carbonyl (C=O) groups excluding carboxylic acids is 3. The predicted molar refractivity (Wildman–Crippen MR) is 136 cm³/mol. The average molecular weight is 490 g/mol. The number of benzene rings is 3. The zero-order valence-corrected chi connectivity index (χ0v) is 20.0. The number of nitrogens with one attached hydrogen (secondary N) is 2. The van der Waals surface area contributed by atoms with E-state index >= 15 is 0 Å². The van der Waals surface area contributed by atoms with Gasteiger partial charge in [-0.05, 0) is 72.6 Å². The summed E-state index contributed by atoms with van der Waals surface area (Å²) in [6.45, 7) is 2.72. The molecule has 0 aromatic heterocycles. The minimum atomic E-state index is -0.940. The Bertz CT molecular complexity index is 1210. The van der Waals surface area contributed by atoms with Gasteiger partial charge in [-0.15, -0.1) is 0 Å². The molecular formula is C27H27N3O6. The summed E-state index contributed by atoms with van der Waals surface area (Å²) in [5.41, 5.74) is 3.55. The van der Waals surface area contributed by atoms with Gasteiger partial charge in [0.05, 0.1) is 31.2 Å². The van der Waals surface area contributed by atoms with Crippen molar-refractivity contribution in [3.8, 4) is 17.2 Å². The van der Waals surface area contributed by atoms with Gasteiger partial charge in [-0.1, -0.05) is 25.5 Å². The molecule has 0 saturated carbocycles. The quantitative estimate of drug-likeness (QED) is 0.110. The number of nitrogens with zero attached hydrogens (tertiary/aromatic N) is 1. The van der Waals surface area contributed by atoms with Crippen molar-refractivity contribution in [1.29, 1.82) is 0 Å². The molecule has 0 spiro atoms. The maximum absolute atomic E-state index is 12.4. The Labute approximate surface area is 209 Å². The number of unbranched alkanes of at least 4 members (excludes halogenated alkanes) is 1. The van der Waals surface area contributed by atoms with Crippen LogP contribution in [0.1, 0.15) is 35.7 Å². The molecule has 2 N–H and O–H groups in total. The first-order chi connectivity index (χ1) is 17.5. The first-order valence-electron chi connectivity index (χ1n) is 11.3. The maximum Gasteiger partial charge on any atom is 0.343 e. The maximum atomic E-state index is 12.4. The van der Waals surface area contributed by atoms with Gasteiger partial charge in [0.15, 0.2) is 0 Å². The topological polar surface area (TPSA) is 115 Å². The fraction of sp³-hybridized carbons (Fsp3) is 0.185. The average Bonchev–Trinajstić information content (AvgIpc) is 2.90. The number of anilines is 1.